The van der Waals surface area contributed by atoms with E-state index >= 15 is 0 Å². The van der Waals surface area contributed by atoms with Crippen molar-refractivity contribution in [3.8, 4) is 0 Å². The molecule has 0 fully saturated rings. The second-order valence-electron chi connectivity index (χ2n) is 4.39. The van der Waals surface area contributed by atoms with E-state index in [4.69, 9.17) is 5.11 Å². The molecular weight excluding hydrogens is 271 g/mol. The van der Waals surface area contributed by atoms with E-state index in [0.29, 0.717) is 25.1 Å². The number of nitrogens with zero attached hydrogens (tertiary/aromatic N) is 3. The normalized spacial score (nSPS) is 11.8. The molecule has 1 aromatic carbocycles. The minimum absolute atomic E-state index is 0.0115. The lowest BCUT2D eigenvalue weighted by atomic mass is 10.1. The van der Waals surface area contributed by atoms with Gasteiger partial charge in [0.25, 0.3) is 0 Å². The molecule has 0 radical (unpaired) electrons. The predicted octanol–water partition coefficient (Wildman–Crippen LogP) is 2.07. The molecule has 20 heavy (non-hydrogen) atoms. The molecule has 0 aliphatic rings. The molecule has 1 N–H and O–H groups in total. The first-order valence-electron chi connectivity index (χ1n) is 6.15. The zero-order chi connectivity index (χ0) is 14.6. The number of hydrogen-bond donors (Lipinski definition) is 1. The van der Waals surface area contributed by atoms with Gasteiger partial charge < -0.3 is 5.11 Å². The molecule has 2 aromatic rings. The van der Waals surface area contributed by atoms with E-state index in [1.54, 1.807) is 10.9 Å². The Bertz CT molecular complexity index is 549. The molecule has 0 bridgehead atoms. The fourth-order valence-corrected chi connectivity index (χ4v) is 1.78. The number of aromatic nitrogens is 3. The van der Waals surface area contributed by atoms with Gasteiger partial charge in [0.2, 0.25) is 0 Å². The highest BCUT2D eigenvalue weighted by Gasteiger charge is 2.29. The van der Waals surface area contributed by atoms with Crippen LogP contribution in [-0.4, -0.2) is 26.7 Å². The number of rotatable bonds is 5. The Hall–Kier alpha value is -1.89. The van der Waals surface area contributed by atoms with Crippen molar-refractivity contribution in [1.82, 2.24) is 15.0 Å². The van der Waals surface area contributed by atoms with Crippen molar-refractivity contribution in [2.24, 2.45) is 0 Å². The molecule has 0 aliphatic carbocycles. The first-order chi connectivity index (χ1) is 9.49. The van der Waals surface area contributed by atoms with Gasteiger partial charge in [-0.15, -0.1) is 5.10 Å². The Morgan fingerprint density at radius 3 is 2.40 bits per heavy atom. The van der Waals surface area contributed by atoms with Crippen LogP contribution in [0.1, 0.15) is 16.8 Å². The fourth-order valence-electron chi connectivity index (χ4n) is 1.78. The van der Waals surface area contributed by atoms with Crippen LogP contribution in [0.5, 0.6) is 0 Å². The molecule has 4 nitrogen and oxygen atoms in total. The van der Waals surface area contributed by atoms with Crippen molar-refractivity contribution in [3.63, 3.8) is 0 Å². The lowest BCUT2D eigenvalue weighted by molar-refractivity contribution is -0.137. The summed E-state index contributed by atoms with van der Waals surface area (Å²) in [6.45, 7) is 0.543. The summed E-state index contributed by atoms with van der Waals surface area (Å²) in [5, 5.41) is 16.5. The van der Waals surface area contributed by atoms with Crippen LogP contribution < -0.4 is 0 Å². The van der Waals surface area contributed by atoms with Crippen molar-refractivity contribution in [1.29, 1.82) is 0 Å². The molecule has 0 aliphatic heterocycles. The van der Waals surface area contributed by atoms with Gasteiger partial charge in [-0.1, -0.05) is 17.3 Å². The largest absolute Gasteiger partial charge is 0.416 e. The fraction of sp³-hybridized carbons (Fsp3) is 0.385. The minimum Gasteiger partial charge on any atom is -0.396 e. The highest BCUT2D eigenvalue weighted by Crippen LogP contribution is 2.29. The van der Waals surface area contributed by atoms with E-state index in [-0.39, 0.29) is 6.61 Å². The maximum absolute atomic E-state index is 12.4. The minimum atomic E-state index is -4.30. The third-order valence-electron chi connectivity index (χ3n) is 2.86. The number of aryl methyl sites for hydroxylation is 2. The standard InChI is InChI=1S/C13H14F3N3O/c14-13(15,16)11-3-1-10(2-4-11)5-7-19-9-12(6-8-20)17-18-19/h1-4,9,20H,5-8H2. The Labute approximate surface area is 113 Å². The summed E-state index contributed by atoms with van der Waals surface area (Å²) in [5.41, 5.74) is 0.851. The average molecular weight is 285 g/mol. The van der Waals surface area contributed by atoms with Gasteiger partial charge in [0, 0.05) is 25.8 Å². The topological polar surface area (TPSA) is 50.9 Å². The summed E-state index contributed by atoms with van der Waals surface area (Å²) < 4.78 is 38.8. The van der Waals surface area contributed by atoms with Gasteiger partial charge >= 0.3 is 6.18 Å². The molecule has 108 valence electrons. The van der Waals surface area contributed by atoms with E-state index in [9.17, 15) is 13.2 Å². The highest BCUT2D eigenvalue weighted by atomic mass is 19.4. The molecule has 0 unspecified atom stereocenters. The van der Waals surface area contributed by atoms with Crippen molar-refractivity contribution in [2.45, 2.75) is 25.6 Å². The van der Waals surface area contributed by atoms with Gasteiger partial charge in [0.15, 0.2) is 0 Å². The Morgan fingerprint density at radius 2 is 1.80 bits per heavy atom. The summed E-state index contributed by atoms with van der Waals surface area (Å²) in [7, 11) is 0. The smallest absolute Gasteiger partial charge is 0.396 e. The Morgan fingerprint density at radius 1 is 1.10 bits per heavy atom. The second-order valence-corrected chi connectivity index (χ2v) is 4.39. The van der Waals surface area contributed by atoms with Crippen LogP contribution in [0, 0.1) is 0 Å². The maximum atomic E-state index is 12.4. The summed E-state index contributed by atoms with van der Waals surface area (Å²) in [6, 6.07) is 5.09. The first-order valence-corrected chi connectivity index (χ1v) is 6.15. The van der Waals surface area contributed by atoms with E-state index in [1.807, 2.05) is 0 Å². The lowest BCUT2D eigenvalue weighted by Crippen LogP contribution is -2.05. The molecule has 1 aromatic heterocycles. The monoisotopic (exact) mass is 285 g/mol. The number of aliphatic hydroxyl groups excluding tert-OH is 1. The van der Waals surface area contributed by atoms with Gasteiger partial charge in [-0.25, -0.2) is 0 Å². The second kappa shape index (κ2) is 6.04. The molecule has 0 atom stereocenters. The van der Waals surface area contributed by atoms with Crippen LogP contribution in [0.4, 0.5) is 13.2 Å². The van der Waals surface area contributed by atoms with Gasteiger partial charge in [-0.2, -0.15) is 13.2 Å². The van der Waals surface area contributed by atoms with Crippen LogP contribution in [0.25, 0.3) is 0 Å². The Kier molecular flexibility index (Phi) is 4.39. The number of aliphatic hydroxyl groups is 1. The summed E-state index contributed by atoms with van der Waals surface area (Å²) in [4.78, 5) is 0. The van der Waals surface area contributed by atoms with E-state index in [0.717, 1.165) is 17.7 Å². The van der Waals surface area contributed by atoms with Gasteiger partial charge in [0.05, 0.1) is 11.3 Å². The number of benzene rings is 1. The van der Waals surface area contributed by atoms with Gasteiger partial charge in [-0.3, -0.25) is 4.68 Å². The van der Waals surface area contributed by atoms with E-state index < -0.39 is 11.7 Å². The van der Waals surface area contributed by atoms with Crippen LogP contribution in [-0.2, 0) is 25.6 Å². The molecule has 0 amide bonds. The van der Waals surface area contributed by atoms with Crippen LogP contribution in [0.2, 0.25) is 0 Å². The molecule has 0 spiro atoms. The molecule has 0 saturated heterocycles. The SMILES string of the molecule is OCCc1cn(CCc2ccc(C(F)(F)F)cc2)nn1. The van der Waals surface area contributed by atoms with Crippen molar-refractivity contribution in [2.75, 3.05) is 6.61 Å². The molecule has 0 saturated carbocycles. The number of alkyl halides is 3. The number of halogens is 3. The third kappa shape index (κ3) is 3.80. The molecule has 1 heterocycles. The lowest BCUT2D eigenvalue weighted by Gasteiger charge is -2.07. The van der Waals surface area contributed by atoms with Crippen molar-refractivity contribution < 1.29 is 18.3 Å². The molecular formula is C13H14F3N3O. The van der Waals surface area contributed by atoms with E-state index in [1.165, 1.54) is 12.1 Å². The highest BCUT2D eigenvalue weighted by molar-refractivity contribution is 5.24. The van der Waals surface area contributed by atoms with Crippen LogP contribution >= 0.6 is 0 Å². The molecule has 2 rings (SSSR count). The zero-order valence-electron chi connectivity index (χ0n) is 10.6. The Balaban J connectivity index is 1.93. The van der Waals surface area contributed by atoms with Crippen molar-refractivity contribution in [3.05, 3.63) is 47.3 Å². The van der Waals surface area contributed by atoms with Gasteiger partial charge in [-0.05, 0) is 24.1 Å². The van der Waals surface area contributed by atoms with Gasteiger partial charge in [0.1, 0.15) is 0 Å². The third-order valence-corrected chi connectivity index (χ3v) is 2.86. The summed E-state index contributed by atoms with van der Waals surface area (Å²) in [6.07, 6.45) is -1.57. The quantitative estimate of drug-likeness (QED) is 0.915. The predicted molar refractivity (Wildman–Crippen MR) is 66.0 cm³/mol. The maximum Gasteiger partial charge on any atom is 0.416 e. The molecule has 7 heteroatoms. The average Bonchev–Trinajstić information content (AvgIpc) is 2.84. The van der Waals surface area contributed by atoms with Crippen LogP contribution in [0.3, 0.4) is 0 Å². The van der Waals surface area contributed by atoms with Crippen molar-refractivity contribution >= 4 is 0 Å². The van der Waals surface area contributed by atoms with E-state index in [2.05, 4.69) is 10.3 Å². The first kappa shape index (κ1) is 14.5. The summed E-state index contributed by atoms with van der Waals surface area (Å²) >= 11 is 0. The summed E-state index contributed by atoms with van der Waals surface area (Å²) in [5.74, 6) is 0. The van der Waals surface area contributed by atoms with Crippen LogP contribution in [0.15, 0.2) is 30.5 Å². The number of hydrogen-bond acceptors (Lipinski definition) is 3. The zero-order valence-corrected chi connectivity index (χ0v) is 10.6.